The Morgan fingerprint density at radius 1 is 0.929 bits per heavy atom. The van der Waals surface area contributed by atoms with Gasteiger partial charge in [-0.25, -0.2) is 0 Å². The number of thioether (sulfide) groups is 1. The summed E-state index contributed by atoms with van der Waals surface area (Å²) in [5, 5.41) is 10.6. The topological polar surface area (TPSA) is 20.2 Å². The summed E-state index contributed by atoms with van der Waals surface area (Å²) in [5.74, 6) is 4.66. The highest BCUT2D eigenvalue weighted by Gasteiger charge is 2.67. The molecule has 3 rings (SSSR count). The summed E-state index contributed by atoms with van der Waals surface area (Å²) < 4.78 is 0. The van der Waals surface area contributed by atoms with Crippen LogP contribution in [-0.4, -0.2) is 22.2 Å². The van der Waals surface area contributed by atoms with Crippen LogP contribution in [0.15, 0.2) is 0 Å². The monoisotopic (exact) mass is 212 g/mol. The van der Waals surface area contributed by atoms with Crippen LogP contribution in [0.25, 0.3) is 0 Å². The van der Waals surface area contributed by atoms with Gasteiger partial charge in [-0.2, -0.15) is 11.8 Å². The van der Waals surface area contributed by atoms with E-state index in [9.17, 15) is 5.11 Å². The summed E-state index contributed by atoms with van der Waals surface area (Å²) >= 11 is 2.08. The third-order valence-corrected chi connectivity index (χ3v) is 5.80. The van der Waals surface area contributed by atoms with Crippen molar-refractivity contribution < 1.29 is 5.11 Å². The van der Waals surface area contributed by atoms with Crippen molar-refractivity contribution in [1.82, 2.24) is 0 Å². The molecular weight excluding hydrogens is 192 g/mol. The molecule has 80 valence electrons. The van der Waals surface area contributed by atoms with Gasteiger partial charge in [-0.15, -0.1) is 0 Å². The highest BCUT2D eigenvalue weighted by molar-refractivity contribution is 7.99. The summed E-state index contributed by atoms with van der Waals surface area (Å²) in [6, 6.07) is 0. The molecule has 0 aromatic heterocycles. The Kier molecular flexibility index (Phi) is 2.32. The van der Waals surface area contributed by atoms with Crippen LogP contribution >= 0.6 is 11.8 Å². The van der Waals surface area contributed by atoms with Crippen LogP contribution in [0, 0.1) is 17.8 Å². The molecule has 1 aliphatic heterocycles. The van der Waals surface area contributed by atoms with E-state index in [0.29, 0.717) is 17.8 Å². The normalized spacial score (nSPS) is 52.5. The molecule has 3 fully saturated rings. The van der Waals surface area contributed by atoms with E-state index >= 15 is 0 Å². The van der Waals surface area contributed by atoms with Gasteiger partial charge in [-0.05, 0) is 61.4 Å². The van der Waals surface area contributed by atoms with Gasteiger partial charge in [0.1, 0.15) is 0 Å². The van der Waals surface area contributed by atoms with E-state index in [-0.39, 0.29) is 5.60 Å². The third-order valence-electron chi connectivity index (χ3n) is 4.70. The van der Waals surface area contributed by atoms with E-state index in [2.05, 4.69) is 11.8 Å². The lowest BCUT2D eigenvalue weighted by Gasteiger charge is -2.24. The number of hydrogen-bond donors (Lipinski definition) is 1. The van der Waals surface area contributed by atoms with Crippen molar-refractivity contribution >= 4 is 11.8 Å². The summed E-state index contributed by atoms with van der Waals surface area (Å²) in [5.41, 5.74) is -0.191. The summed E-state index contributed by atoms with van der Waals surface area (Å²) in [6.07, 6.45) is 7.89. The molecule has 1 N–H and O–H groups in total. The highest BCUT2D eigenvalue weighted by atomic mass is 32.2. The fraction of sp³-hybridized carbons (Fsp3) is 1.00. The minimum Gasteiger partial charge on any atom is -0.389 e. The van der Waals surface area contributed by atoms with Gasteiger partial charge in [0.05, 0.1) is 5.60 Å². The summed E-state index contributed by atoms with van der Waals surface area (Å²) in [4.78, 5) is 0. The molecule has 0 amide bonds. The Hall–Kier alpha value is 0.310. The average Bonchev–Trinajstić information content (AvgIpc) is 2.57. The largest absolute Gasteiger partial charge is 0.389 e. The first-order valence-electron chi connectivity index (χ1n) is 6.13. The second-order valence-corrected chi connectivity index (χ2v) is 6.50. The number of hydrogen-bond acceptors (Lipinski definition) is 2. The lowest BCUT2D eigenvalue weighted by molar-refractivity contribution is 0.0381. The van der Waals surface area contributed by atoms with Crippen LogP contribution < -0.4 is 0 Å². The van der Waals surface area contributed by atoms with Gasteiger partial charge in [0.25, 0.3) is 0 Å². The first-order chi connectivity index (χ1) is 6.83. The van der Waals surface area contributed by atoms with Crippen molar-refractivity contribution in [3.05, 3.63) is 0 Å². The number of rotatable bonds is 1. The van der Waals surface area contributed by atoms with Gasteiger partial charge < -0.3 is 5.11 Å². The molecule has 0 radical (unpaired) electrons. The summed E-state index contributed by atoms with van der Waals surface area (Å²) in [6.45, 7) is 0. The molecule has 1 saturated heterocycles. The van der Waals surface area contributed by atoms with Gasteiger partial charge in [0, 0.05) is 0 Å². The van der Waals surface area contributed by atoms with Crippen molar-refractivity contribution in [1.29, 1.82) is 0 Å². The smallest absolute Gasteiger partial charge is 0.0739 e. The highest BCUT2D eigenvalue weighted by Crippen LogP contribution is 2.65. The molecule has 0 aromatic carbocycles. The van der Waals surface area contributed by atoms with E-state index < -0.39 is 0 Å². The zero-order valence-electron chi connectivity index (χ0n) is 8.74. The van der Waals surface area contributed by atoms with Crippen LogP contribution in [-0.2, 0) is 0 Å². The maximum atomic E-state index is 10.6. The zero-order valence-corrected chi connectivity index (χ0v) is 9.56. The first kappa shape index (κ1) is 9.53. The SMILES string of the molecule is OC1(C2CCCSCC2)C2CCCC21. The van der Waals surface area contributed by atoms with E-state index in [1.54, 1.807) is 0 Å². The van der Waals surface area contributed by atoms with Gasteiger partial charge >= 0.3 is 0 Å². The Morgan fingerprint density at radius 3 is 2.50 bits per heavy atom. The predicted octanol–water partition coefficient (Wildman–Crippen LogP) is 2.68. The van der Waals surface area contributed by atoms with E-state index in [0.717, 1.165) is 0 Å². The second-order valence-electron chi connectivity index (χ2n) is 5.27. The Morgan fingerprint density at radius 2 is 1.71 bits per heavy atom. The van der Waals surface area contributed by atoms with Gasteiger partial charge in [0.15, 0.2) is 0 Å². The molecule has 3 unspecified atom stereocenters. The second kappa shape index (κ2) is 3.41. The van der Waals surface area contributed by atoms with Crippen molar-refractivity contribution in [2.75, 3.05) is 11.5 Å². The standard InChI is InChI=1S/C12H20OS/c13-12(10-4-1-5-11(10)12)9-3-2-7-14-8-6-9/h9-11,13H,1-8H2. The van der Waals surface area contributed by atoms with Gasteiger partial charge in [-0.3, -0.25) is 0 Å². The van der Waals surface area contributed by atoms with E-state index in [4.69, 9.17) is 0 Å². The quantitative estimate of drug-likeness (QED) is 0.721. The molecule has 2 heteroatoms. The van der Waals surface area contributed by atoms with Crippen molar-refractivity contribution in [2.45, 2.75) is 44.1 Å². The van der Waals surface area contributed by atoms with Crippen molar-refractivity contribution in [3.8, 4) is 0 Å². The van der Waals surface area contributed by atoms with Crippen LogP contribution in [0.3, 0.4) is 0 Å². The molecule has 0 aromatic rings. The molecule has 0 bridgehead atoms. The van der Waals surface area contributed by atoms with Crippen LogP contribution in [0.2, 0.25) is 0 Å². The van der Waals surface area contributed by atoms with Crippen molar-refractivity contribution in [3.63, 3.8) is 0 Å². The minimum atomic E-state index is -0.191. The number of fused-ring (bicyclic) bond motifs is 1. The van der Waals surface area contributed by atoms with Gasteiger partial charge in [-0.1, -0.05) is 6.42 Å². The Labute approximate surface area is 90.7 Å². The fourth-order valence-electron chi connectivity index (χ4n) is 3.94. The van der Waals surface area contributed by atoms with E-state index in [1.165, 1.54) is 50.0 Å². The van der Waals surface area contributed by atoms with Crippen LogP contribution in [0.4, 0.5) is 0 Å². The average molecular weight is 212 g/mol. The molecule has 3 aliphatic rings. The lowest BCUT2D eigenvalue weighted by atomic mass is 9.87. The van der Waals surface area contributed by atoms with E-state index in [1.807, 2.05) is 0 Å². The summed E-state index contributed by atoms with van der Waals surface area (Å²) in [7, 11) is 0. The molecule has 1 nitrogen and oxygen atoms in total. The molecule has 14 heavy (non-hydrogen) atoms. The fourth-order valence-corrected chi connectivity index (χ4v) is 4.97. The van der Waals surface area contributed by atoms with Crippen LogP contribution in [0.5, 0.6) is 0 Å². The Bertz CT molecular complexity index is 210. The predicted molar refractivity (Wildman–Crippen MR) is 60.4 cm³/mol. The molecule has 0 spiro atoms. The molecule has 3 atom stereocenters. The van der Waals surface area contributed by atoms with Crippen molar-refractivity contribution in [2.24, 2.45) is 17.8 Å². The molecule has 2 saturated carbocycles. The zero-order chi connectivity index (χ0) is 9.60. The molecule has 2 aliphatic carbocycles. The van der Waals surface area contributed by atoms with Gasteiger partial charge in [0.2, 0.25) is 0 Å². The first-order valence-corrected chi connectivity index (χ1v) is 7.29. The minimum absolute atomic E-state index is 0.191. The Balaban J connectivity index is 1.69. The molecular formula is C12H20OS. The molecule has 1 heterocycles. The lowest BCUT2D eigenvalue weighted by Crippen LogP contribution is -2.28. The third kappa shape index (κ3) is 1.26. The van der Waals surface area contributed by atoms with Crippen LogP contribution in [0.1, 0.15) is 38.5 Å². The maximum absolute atomic E-state index is 10.6. The number of aliphatic hydroxyl groups is 1. The maximum Gasteiger partial charge on any atom is 0.0739 e.